The first-order valence-electron chi connectivity index (χ1n) is 15.5. The van der Waals surface area contributed by atoms with Crippen LogP contribution in [0, 0.1) is 5.92 Å². The van der Waals surface area contributed by atoms with Crippen molar-refractivity contribution in [3.05, 3.63) is 106 Å². The van der Waals surface area contributed by atoms with Gasteiger partial charge in [-0.1, -0.05) is 62.4 Å². The lowest BCUT2D eigenvalue weighted by Crippen LogP contribution is -2.44. The quantitative estimate of drug-likeness (QED) is 0.175. The van der Waals surface area contributed by atoms with Gasteiger partial charge >= 0.3 is 12.2 Å². The molecule has 1 atom stereocenters. The number of rotatable bonds is 13. The number of carboxylic acid groups (broad SMARTS) is 1. The topological polar surface area (TPSA) is 165 Å². The molecule has 252 valence electrons. The van der Waals surface area contributed by atoms with Crippen LogP contribution < -0.4 is 16.2 Å². The first-order chi connectivity index (χ1) is 22.9. The highest BCUT2D eigenvalue weighted by atomic mass is 16.5. The van der Waals surface area contributed by atoms with Crippen molar-refractivity contribution < 1.29 is 29.0 Å². The number of imidazole rings is 1. The average Bonchev–Trinajstić information content (AvgIpc) is 3.42. The van der Waals surface area contributed by atoms with E-state index in [0.717, 1.165) is 15.7 Å². The van der Waals surface area contributed by atoms with Gasteiger partial charge < -0.3 is 29.9 Å². The molecule has 48 heavy (non-hydrogen) atoms. The molecule has 0 radical (unpaired) electrons. The maximum atomic E-state index is 13.5. The maximum absolute atomic E-state index is 13.5. The lowest BCUT2D eigenvalue weighted by molar-refractivity contribution is -0.123. The van der Waals surface area contributed by atoms with E-state index in [9.17, 15) is 29.1 Å². The smallest absolute Gasteiger partial charge is 0.417 e. The number of benzene rings is 2. The molecule has 0 spiro atoms. The molecule has 2 heterocycles. The van der Waals surface area contributed by atoms with Gasteiger partial charge in [-0.3, -0.25) is 14.4 Å². The third-order valence-electron chi connectivity index (χ3n) is 7.39. The average molecular weight is 657 g/mol. The Labute approximate surface area is 277 Å². The van der Waals surface area contributed by atoms with E-state index in [2.05, 4.69) is 29.5 Å². The summed E-state index contributed by atoms with van der Waals surface area (Å²) in [6.07, 6.45) is 3.44. The summed E-state index contributed by atoms with van der Waals surface area (Å²) < 4.78 is 7.61. The van der Waals surface area contributed by atoms with E-state index in [1.54, 1.807) is 50.5 Å². The highest BCUT2D eigenvalue weighted by Crippen LogP contribution is 2.23. The molecular weight excluding hydrogens is 616 g/mol. The number of aromatic nitrogens is 3. The van der Waals surface area contributed by atoms with Crippen molar-refractivity contribution in [2.45, 2.75) is 52.3 Å². The van der Waals surface area contributed by atoms with Gasteiger partial charge in [0.05, 0.1) is 17.6 Å². The number of likely N-dealkylation sites (N-methyl/N-ethyl adjacent to an activating group) is 1. The minimum atomic E-state index is -1.24. The van der Waals surface area contributed by atoms with E-state index in [4.69, 9.17) is 4.74 Å². The minimum Gasteiger partial charge on any atom is -0.464 e. The van der Waals surface area contributed by atoms with Gasteiger partial charge in [-0.15, -0.1) is 0 Å². The number of carbonyl (C=O) groups is 4. The van der Waals surface area contributed by atoms with Gasteiger partial charge in [0.15, 0.2) is 0 Å². The van der Waals surface area contributed by atoms with Gasteiger partial charge in [-0.05, 0) is 60.6 Å². The predicted molar refractivity (Wildman–Crippen MR) is 181 cm³/mol. The molecular formula is C35H40N6O7. The molecule has 13 heteroatoms. The van der Waals surface area contributed by atoms with Crippen molar-refractivity contribution in [3.8, 4) is 0 Å². The summed E-state index contributed by atoms with van der Waals surface area (Å²) >= 11 is 0. The predicted octanol–water partition coefficient (Wildman–Crippen LogP) is 4.63. The summed E-state index contributed by atoms with van der Waals surface area (Å²) in [5.74, 6) is -0.454. The number of carbonyl (C=O) groups excluding carboxylic acids is 3. The Kier molecular flexibility index (Phi) is 11.9. The molecule has 2 aromatic carbocycles. The van der Waals surface area contributed by atoms with E-state index >= 15 is 0 Å². The molecule has 13 nitrogen and oxygen atoms in total. The van der Waals surface area contributed by atoms with Crippen molar-refractivity contribution in [1.29, 1.82) is 0 Å². The standard InChI is InChI=1S/C35H40N6O7/c1-23(2)20-25-14-10-17-28-31(25)38-29(41(28)35(46)47)21-40-19-11-16-27(33(40)44)36-32(43)26(15-8-9-18-30(42)39(3)4)37-34(45)48-22-24-12-6-5-7-13-24/h5-7,9-14,16-19,23,26H,8,15,20-22H2,1-4H3,(H,36,43)(H,37,45)(H,46,47). The van der Waals surface area contributed by atoms with Crippen molar-refractivity contribution in [2.75, 3.05) is 19.4 Å². The lowest BCUT2D eigenvalue weighted by Gasteiger charge is -2.18. The van der Waals surface area contributed by atoms with Crippen molar-refractivity contribution in [1.82, 2.24) is 24.3 Å². The van der Waals surface area contributed by atoms with Crippen molar-refractivity contribution >= 4 is 40.7 Å². The molecule has 0 aliphatic rings. The van der Waals surface area contributed by atoms with E-state index in [0.29, 0.717) is 23.4 Å². The second kappa shape index (κ2) is 16.2. The van der Waals surface area contributed by atoms with Crippen LogP contribution in [0.5, 0.6) is 0 Å². The molecule has 0 saturated carbocycles. The monoisotopic (exact) mass is 656 g/mol. The fourth-order valence-corrected chi connectivity index (χ4v) is 5.03. The minimum absolute atomic E-state index is 0.0122. The summed E-state index contributed by atoms with van der Waals surface area (Å²) in [6.45, 7) is 3.93. The van der Waals surface area contributed by atoms with Crippen molar-refractivity contribution in [3.63, 3.8) is 0 Å². The number of hydrogen-bond acceptors (Lipinski definition) is 7. The Bertz CT molecular complexity index is 1860. The number of fused-ring (bicyclic) bond motifs is 1. The van der Waals surface area contributed by atoms with E-state index < -0.39 is 29.7 Å². The summed E-state index contributed by atoms with van der Waals surface area (Å²) in [7, 11) is 3.22. The third kappa shape index (κ3) is 9.18. The van der Waals surface area contributed by atoms with Crippen LogP contribution >= 0.6 is 0 Å². The third-order valence-corrected chi connectivity index (χ3v) is 7.39. The Morgan fingerprint density at radius 3 is 2.46 bits per heavy atom. The Hall–Kier alpha value is -5.72. The number of allylic oxidation sites excluding steroid dienone is 1. The SMILES string of the molecule is CC(C)Cc1cccc2c1nc(Cn1cccc(NC(=O)C(CCC=CC(=O)N(C)C)NC(=O)OCc3ccccc3)c1=O)n2C(=O)O. The zero-order chi connectivity index (χ0) is 34.8. The molecule has 4 aromatic rings. The largest absolute Gasteiger partial charge is 0.464 e. The highest BCUT2D eigenvalue weighted by molar-refractivity contribution is 5.96. The number of nitrogens with one attached hydrogen (secondary N) is 2. The van der Waals surface area contributed by atoms with Gasteiger partial charge in [0, 0.05) is 20.3 Å². The highest BCUT2D eigenvalue weighted by Gasteiger charge is 2.23. The summed E-state index contributed by atoms with van der Waals surface area (Å²) in [6, 6.07) is 16.2. The first kappa shape index (κ1) is 35.1. The van der Waals surface area contributed by atoms with E-state index in [1.165, 1.54) is 27.8 Å². The number of amides is 3. The van der Waals surface area contributed by atoms with Crippen LogP contribution in [0.15, 0.2) is 83.8 Å². The van der Waals surface area contributed by atoms with Crippen LogP contribution in [0.1, 0.15) is 43.6 Å². The number of hydrogen-bond donors (Lipinski definition) is 3. The number of anilines is 1. The molecule has 1 unspecified atom stereocenters. The molecule has 0 aliphatic heterocycles. The second-order valence-electron chi connectivity index (χ2n) is 11.8. The molecule has 3 amide bonds. The van der Waals surface area contributed by atoms with E-state index in [1.807, 2.05) is 24.3 Å². The number of pyridine rings is 1. The molecule has 2 aromatic heterocycles. The van der Waals surface area contributed by atoms with Gasteiger partial charge in [-0.25, -0.2) is 19.1 Å². The fourth-order valence-electron chi connectivity index (χ4n) is 5.03. The van der Waals surface area contributed by atoms with Gasteiger partial charge in [0.2, 0.25) is 11.8 Å². The van der Waals surface area contributed by atoms with Gasteiger partial charge in [-0.2, -0.15) is 0 Å². The summed E-state index contributed by atoms with van der Waals surface area (Å²) in [4.78, 5) is 69.9. The lowest BCUT2D eigenvalue weighted by atomic mass is 10.0. The van der Waals surface area contributed by atoms with Crippen LogP contribution in [-0.4, -0.2) is 68.3 Å². The number of alkyl carbamates (subject to hydrolysis) is 1. The fraction of sp³-hybridized carbons (Fsp3) is 0.314. The summed E-state index contributed by atoms with van der Waals surface area (Å²) in [5.41, 5.74) is 1.95. The molecule has 3 N–H and O–H groups in total. The zero-order valence-electron chi connectivity index (χ0n) is 27.4. The van der Waals surface area contributed by atoms with Gasteiger partial charge in [0.1, 0.15) is 24.2 Å². The Morgan fingerprint density at radius 1 is 1.02 bits per heavy atom. The van der Waals surface area contributed by atoms with Crippen LogP contribution in [0.25, 0.3) is 11.0 Å². The Balaban J connectivity index is 1.54. The number of para-hydroxylation sites is 1. The molecule has 0 aliphatic carbocycles. The van der Waals surface area contributed by atoms with Crippen LogP contribution in [0.4, 0.5) is 15.3 Å². The normalized spacial score (nSPS) is 11.9. The van der Waals surface area contributed by atoms with Crippen LogP contribution in [0.2, 0.25) is 0 Å². The van der Waals surface area contributed by atoms with Crippen LogP contribution in [-0.2, 0) is 33.9 Å². The second-order valence-corrected chi connectivity index (χ2v) is 11.8. The molecule has 0 bridgehead atoms. The number of ether oxygens (including phenoxy) is 1. The summed E-state index contributed by atoms with van der Waals surface area (Å²) in [5, 5.41) is 15.2. The van der Waals surface area contributed by atoms with Crippen LogP contribution in [0.3, 0.4) is 0 Å². The maximum Gasteiger partial charge on any atom is 0.417 e. The molecule has 0 fully saturated rings. The Morgan fingerprint density at radius 2 is 1.77 bits per heavy atom. The zero-order valence-corrected chi connectivity index (χ0v) is 27.4. The van der Waals surface area contributed by atoms with Crippen molar-refractivity contribution in [2.24, 2.45) is 5.92 Å². The van der Waals surface area contributed by atoms with E-state index in [-0.39, 0.29) is 43.4 Å². The molecule has 4 rings (SSSR count). The molecule has 0 saturated heterocycles. The van der Waals surface area contributed by atoms with Gasteiger partial charge in [0.25, 0.3) is 5.56 Å². The number of nitrogens with zero attached hydrogens (tertiary/aromatic N) is 4. The first-order valence-corrected chi connectivity index (χ1v) is 15.5.